The Balaban J connectivity index is 3.59. The van der Waals surface area contributed by atoms with Crippen LogP contribution in [0.4, 0.5) is 27.8 Å². The van der Waals surface area contributed by atoms with Crippen LogP contribution in [0, 0.1) is 10.1 Å². The molecule has 0 aliphatic carbocycles. The van der Waals surface area contributed by atoms with Gasteiger partial charge in [0.25, 0.3) is 12.1 Å². The van der Waals surface area contributed by atoms with Crippen LogP contribution in [0.25, 0.3) is 0 Å². The number of alkyl halides is 5. The Labute approximate surface area is 96.3 Å². The van der Waals surface area contributed by atoms with Gasteiger partial charge in [-0.3, -0.25) is 0 Å². The van der Waals surface area contributed by atoms with Crippen molar-refractivity contribution in [3.8, 4) is 5.75 Å². The van der Waals surface area contributed by atoms with E-state index in [4.69, 9.17) is 0 Å². The first-order chi connectivity index (χ1) is 8.18. The molecule has 1 heterocycles. The molecule has 0 saturated carbocycles. The highest BCUT2D eigenvalue weighted by atomic mass is 19.4. The molecular weight excluding hydrogens is 267 g/mol. The highest BCUT2D eigenvalue weighted by molar-refractivity contribution is 5.47. The lowest BCUT2D eigenvalue weighted by atomic mass is 10.2. The zero-order valence-corrected chi connectivity index (χ0v) is 8.66. The lowest BCUT2D eigenvalue weighted by Crippen LogP contribution is -2.12. The van der Waals surface area contributed by atoms with Gasteiger partial charge in [-0.1, -0.05) is 0 Å². The van der Waals surface area contributed by atoms with Crippen LogP contribution >= 0.6 is 0 Å². The third-order valence-electron chi connectivity index (χ3n) is 1.90. The molecular formula is C8H5F5N2O3. The van der Waals surface area contributed by atoms with Crippen LogP contribution in [0.5, 0.6) is 5.75 Å². The number of hydrogen-bond acceptors (Lipinski definition) is 4. The van der Waals surface area contributed by atoms with Gasteiger partial charge in [0.15, 0.2) is 5.56 Å². The van der Waals surface area contributed by atoms with Crippen molar-refractivity contribution >= 4 is 5.82 Å². The second-order valence-corrected chi connectivity index (χ2v) is 3.00. The monoisotopic (exact) mass is 272 g/mol. The van der Waals surface area contributed by atoms with Gasteiger partial charge >= 0.3 is 12.0 Å². The predicted octanol–water partition coefficient (Wildman–Crippen LogP) is 2.95. The van der Waals surface area contributed by atoms with Gasteiger partial charge in [0.05, 0.1) is 7.11 Å². The Morgan fingerprint density at radius 2 is 2.00 bits per heavy atom. The molecule has 0 radical (unpaired) electrons. The van der Waals surface area contributed by atoms with Crippen LogP contribution < -0.4 is 4.74 Å². The number of pyridine rings is 1. The zero-order valence-electron chi connectivity index (χ0n) is 8.66. The molecule has 0 spiro atoms. The fourth-order valence-electron chi connectivity index (χ4n) is 1.18. The molecule has 0 atom stereocenters. The standard InChI is InChI=1S/C8H5F5N2O3/c1-18-3-2-4(8(11,12)13)14-7(15(16)17)5(3)6(9)10/h2,6H,1H3. The molecule has 0 saturated heterocycles. The van der Waals surface area contributed by atoms with Crippen LogP contribution in [0.1, 0.15) is 17.7 Å². The summed E-state index contributed by atoms with van der Waals surface area (Å²) in [7, 11) is 0.824. The first-order valence-corrected chi connectivity index (χ1v) is 4.27. The smallest absolute Gasteiger partial charge is 0.458 e. The minimum absolute atomic E-state index is 0.189. The SMILES string of the molecule is COc1cc(C(F)(F)F)nc([N+](=O)[O-])c1C(F)F. The number of rotatable bonds is 3. The first kappa shape index (κ1) is 14.1. The number of methoxy groups -OCH3 is 1. The molecule has 0 bridgehead atoms. The predicted molar refractivity (Wildman–Crippen MR) is 47.4 cm³/mol. The van der Waals surface area contributed by atoms with E-state index in [1.807, 2.05) is 0 Å². The molecule has 0 aliphatic heterocycles. The Kier molecular flexibility index (Phi) is 3.67. The Morgan fingerprint density at radius 3 is 2.33 bits per heavy atom. The fraction of sp³-hybridized carbons (Fsp3) is 0.375. The van der Waals surface area contributed by atoms with Gasteiger partial charge < -0.3 is 14.9 Å². The average Bonchev–Trinajstić information content (AvgIpc) is 2.25. The van der Waals surface area contributed by atoms with Gasteiger partial charge in [0.2, 0.25) is 0 Å². The third kappa shape index (κ3) is 2.63. The van der Waals surface area contributed by atoms with Crippen molar-refractivity contribution in [1.82, 2.24) is 4.98 Å². The van der Waals surface area contributed by atoms with E-state index in [0.29, 0.717) is 0 Å². The Hall–Kier alpha value is -2.00. The number of ether oxygens (including phenoxy) is 1. The molecule has 0 unspecified atom stereocenters. The number of hydrogen-bond donors (Lipinski definition) is 0. The molecule has 5 nitrogen and oxygen atoms in total. The lowest BCUT2D eigenvalue weighted by Gasteiger charge is -2.10. The van der Waals surface area contributed by atoms with Gasteiger partial charge in [-0.25, -0.2) is 8.78 Å². The number of halogens is 5. The minimum atomic E-state index is -5.00. The van der Waals surface area contributed by atoms with Crippen molar-refractivity contribution in [2.45, 2.75) is 12.6 Å². The highest BCUT2D eigenvalue weighted by Crippen LogP contribution is 2.39. The number of aromatic nitrogens is 1. The summed E-state index contributed by atoms with van der Waals surface area (Å²) in [6, 6.07) is 0.189. The molecule has 100 valence electrons. The normalized spacial score (nSPS) is 11.7. The number of nitrogens with zero attached hydrogens (tertiary/aromatic N) is 2. The quantitative estimate of drug-likeness (QED) is 0.482. The molecule has 1 aromatic heterocycles. The van der Waals surface area contributed by atoms with E-state index in [1.54, 1.807) is 0 Å². The molecule has 0 aliphatic rings. The number of nitro groups is 1. The molecule has 0 amide bonds. The Bertz CT molecular complexity index is 475. The van der Waals surface area contributed by atoms with E-state index in [-0.39, 0.29) is 6.07 Å². The third-order valence-corrected chi connectivity index (χ3v) is 1.90. The topological polar surface area (TPSA) is 65.3 Å². The summed E-state index contributed by atoms with van der Waals surface area (Å²) in [6.07, 6.45) is -8.38. The van der Waals surface area contributed by atoms with E-state index >= 15 is 0 Å². The van der Waals surface area contributed by atoms with Crippen LogP contribution in [0.15, 0.2) is 6.07 Å². The van der Waals surface area contributed by atoms with Crippen molar-refractivity contribution in [3.05, 3.63) is 27.4 Å². The summed E-state index contributed by atoms with van der Waals surface area (Å²) in [5, 5.41) is 10.5. The van der Waals surface area contributed by atoms with E-state index in [1.165, 1.54) is 0 Å². The van der Waals surface area contributed by atoms with Crippen molar-refractivity contribution in [2.75, 3.05) is 7.11 Å². The zero-order chi connectivity index (χ0) is 14.1. The maximum Gasteiger partial charge on any atom is 0.458 e. The van der Waals surface area contributed by atoms with Gasteiger partial charge in [-0.05, 0) is 9.91 Å². The van der Waals surface area contributed by atoms with Gasteiger partial charge in [0.1, 0.15) is 5.75 Å². The first-order valence-electron chi connectivity index (χ1n) is 4.27. The van der Waals surface area contributed by atoms with Crippen molar-refractivity contribution in [2.24, 2.45) is 0 Å². The van der Waals surface area contributed by atoms with Gasteiger partial charge in [0, 0.05) is 6.07 Å². The maximum atomic E-state index is 12.6. The molecule has 18 heavy (non-hydrogen) atoms. The average molecular weight is 272 g/mol. The summed E-state index contributed by atoms with van der Waals surface area (Å²) >= 11 is 0. The van der Waals surface area contributed by atoms with Crippen molar-refractivity contribution < 1.29 is 31.6 Å². The summed E-state index contributed by atoms with van der Waals surface area (Å²) in [5.41, 5.74) is -2.95. The van der Waals surface area contributed by atoms with Crippen molar-refractivity contribution in [1.29, 1.82) is 0 Å². The van der Waals surface area contributed by atoms with Gasteiger partial charge in [-0.15, -0.1) is 0 Å². The van der Waals surface area contributed by atoms with Crippen LogP contribution in [0.3, 0.4) is 0 Å². The minimum Gasteiger partial charge on any atom is -0.496 e. The molecule has 10 heteroatoms. The summed E-state index contributed by atoms with van der Waals surface area (Å²) in [4.78, 5) is 11.6. The lowest BCUT2D eigenvalue weighted by molar-refractivity contribution is -0.391. The van der Waals surface area contributed by atoms with E-state index in [0.717, 1.165) is 7.11 Å². The Morgan fingerprint density at radius 1 is 1.44 bits per heavy atom. The summed E-state index contributed by atoms with van der Waals surface area (Å²) < 4.78 is 66.5. The second kappa shape index (κ2) is 4.70. The highest BCUT2D eigenvalue weighted by Gasteiger charge is 2.41. The van der Waals surface area contributed by atoms with Crippen LogP contribution in [-0.4, -0.2) is 17.0 Å². The molecule has 0 N–H and O–H groups in total. The molecule has 0 aromatic carbocycles. The summed E-state index contributed by atoms with van der Waals surface area (Å²) in [5.74, 6) is -2.50. The molecule has 1 aromatic rings. The van der Waals surface area contributed by atoms with Crippen LogP contribution in [-0.2, 0) is 6.18 Å². The van der Waals surface area contributed by atoms with Gasteiger partial charge in [-0.2, -0.15) is 13.2 Å². The van der Waals surface area contributed by atoms with E-state index in [2.05, 4.69) is 9.72 Å². The summed E-state index contributed by atoms with van der Waals surface area (Å²) in [6.45, 7) is 0. The van der Waals surface area contributed by atoms with E-state index < -0.39 is 40.3 Å². The maximum absolute atomic E-state index is 12.6. The van der Waals surface area contributed by atoms with Crippen molar-refractivity contribution in [3.63, 3.8) is 0 Å². The largest absolute Gasteiger partial charge is 0.496 e. The molecule has 1 rings (SSSR count). The molecule has 0 fully saturated rings. The van der Waals surface area contributed by atoms with E-state index in [9.17, 15) is 32.1 Å². The fourth-order valence-corrected chi connectivity index (χ4v) is 1.18. The second-order valence-electron chi connectivity index (χ2n) is 3.00. The van der Waals surface area contributed by atoms with Crippen LogP contribution in [0.2, 0.25) is 0 Å².